The van der Waals surface area contributed by atoms with E-state index in [1.165, 1.54) is 5.56 Å². The van der Waals surface area contributed by atoms with Gasteiger partial charge in [-0.15, -0.1) is 0 Å². The third-order valence-corrected chi connectivity index (χ3v) is 3.10. The SMILES string of the molecule is CCc1ccc(NCc2c(F)cc(C#N)cc2F)cc1. The number of benzene rings is 2. The Balaban J connectivity index is 2.12. The molecule has 2 nitrogen and oxygen atoms in total. The molecule has 0 radical (unpaired) electrons. The summed E-state index contributed by atoms with van der Waals surface area (Å²) in [6, 6.07) is 11.5. The van der Waals surface area contributed by atoms with Gasteiger partial charge in [0.05, 0.1) is 11.6 Å². The predicted octanol–water partition coefficient (Wildman–Crippen LogP) is 4.01. The first-order valence-electron chi connectivity index (χ1n) is 6.35. The van der Waals surface area contributed by atoms with E-state index in [4.69, 9.17) is 5.26 Å². The van der Waals surface area contributed by atoms with Gasteiger partial charge in [0.15, 0.2) is 0 Å². The molecule has 0 saturated heterocycles. The van der Waals surface area contributed by atoms with Crippen LogP contribution in [0, 0.1) is 23.0 Å². The van der Waals surface area contributed by atoms with Gasteiger partial charge in [0, 0.05) is 17.8 Å². The summed E-state index contributed by atoms with van der Waals surface area (Å²) in [6.45, 7) is 2.10. The van der Waals surface area contributed by atoms with Crippen molar-refractivity contribution >= 4 is 5.69 Å². The molecule has 0 heterocycles. The maximum atomic E-state index is 13.7. The van der Waals surface area contributed by atoms with Gasteiger partial charge in [0.25, 0.3) is 0 Å². The third kappa shape index (κ3) is 3.12. The molecule has 2 rings (SSSR count). The van der Waals surface area contributed by atoms with Crippen LogP contribution in [0.2, 0.25) is 0 Å². The molecule has 0 atom stereocenters. The molecule has 0 unspecified atom stereocenters. The fraction of sp³-hybridized carbons (Fsp3) is 0.188. The second kappa shape index (κ2) is 6.16. The van der Waals surface area contributed by atoms with Gasteiger partial charge in [-0.1, -0.05) is 19.1 Å². The molecule has 0 aliphatic carbocycles. The van der Waals surface area contributed by atoms with Crippen LogP contribution < -0.4 is 5.32 Å². The van der Waals surface area contributed by atoms with Crippen LogP contribution in [0.15, 0.2) is 36.4 Å². The van der Waals surface area contributed by atoms with E-state index in [1.54, 1.807) is 6.07 Å². The minimum atomic E-state index is -0.709. The number of rotatable bonds is 4. The van der Waals surface area contributed by atoms with E-state index in [0.29, 0.717) is 0 Å². The molecule has 0 saturated carbocycles. The molecule has 0 spiro atoms. The molecule has 4 heteroatoms. The molecule has 0 aliphatic rings. The number of hydrogen-bond donors (Lipinski definition) is 1. The normalized spacial score (nSPS) is 10.1. The highest BCUT2D eigenvalue weighted by atomic mass is 19.1. The summed E-state index contributed by atoms with van der Waals surface area (Å²) >= 11 is 0. The Morgan fingerprint density at radius 3 is 2.20 bits per heavy atom. The Bertz CT molecular complexity index is 620. The molecule has 1 N–H and O–H groups in total. The van der Waals surface area contributed by atoms with Crippen LogP contribution >= 0.6 is 0 Å². The van der Waals surface area contributed by atoms with Gasteiger partial charge in [-0.25, -0.2) is 8.78 Å². The van der Waals surface area contributed by atoms with Gasteiger partial charge in [-0.2, -0.15) is 5.26 Å². The summed E-state index contributed by atoms with van der Waals surface area (Å²) in [4.78, 5) is 0. The first-order valence-corrected chi connectivity index (χ1v) is 6.35. The molecule has 20 heavy (non-hydrogen) atoms. The maximum Gasteiger partial charge on any atom is 0.132 e. The van der Waals surface area contributed by atoms with E-state index in [1.807, 2.05) is 24.3 Å². The molecule has 0 amide bonds. The lowest BCUT2D eigenvalue weighted by Crippen LogP contribution is -2.05. The summed E-state index contributed by atoms with van der Waals surface area (Å²) < 4.78 is 27.4. The van der Waals surface area contributed by atoms with Crippen LogP contribution in [0.25, 0.3) is 0 Å². The van der Waals surface area contributed by atoms with Crippen molar-refractivity contribution in [3.8, 4) is 6.07 Å². The van der Waals surface area contributed by atoms with E-state index < -0.39 is 11.6 Å². The van der Waals surface area contributed by atoms with Crippen LogP contribution in [0.4, 0.5) is 14.5 Å². The van der Waals surface area contributed by atoms with Crippen molar-refractivity contribution in [3.05, 3.63) is 64.7 Å². The molecular formula is C16H14F2N2. The van der Waals surface area contributed by atoms with Crippen LogP contribution in [0.3, 0.4) is 0 Å². The van der Waals surface area contributed by atoms with Crippen molar-refractivity contribution in [1.82, 2.24) is 0 Å². The highest BCUT2D eigenvalue weighted by Gasteiger charge is 2.10. The average Bonchev–Trinajstić information content (AvgIpc) is 2.46. The van der Waals surface area contributed by atoms with E-state index in [0.717, 1.165) is 24.2 Å². The van der Waals surface area contributed by atoms with Gasteiger partial charge in [0.1, 0.15) is 11.6 Å². The molecule has 2 aromatic carbocycles. The number of nitrogens with one attached hydrogen (secondary N) is 1. The quantitative estimate of drug-likeness (QED) is 0.912. The van der Waals surface area contributed by atoms with Gasteiger partial charge < -0.3 is 5.32 Å². The second-order valence-electron chi connectivity index (χ2n) is 4.43. The lowest BCUT2D eigenvalue weighted by atomic mass is 10.1. The molecule has 0 aromatic heterocycles. The Morgan fingerprint density at radius 1 is 1.10 bits per heavy atom. The fourth-order valence-electron chi connectivity index (χ4n) is 1.89. The van der Waals surface area contributed by atoms with E-state index in [-0.39, 0.29) is 17.7 Å². The van der Waals surface area contributed by atoms with Crippen molar-refractivity contribution < 1.29 is 8.78 Å². The third-order valence-electron chi connectivity index (χ3n) is 3.10. The highest BCUT2D eigenvalue weighted by Crippen LogP contribution is 2.17. The van der Waals surface area contributed by atoms with E-state index in [9.17, 15) is 8.78 Å². The zero-order valence-corrected chi connectivity index (χ0v) is 11.1. The lowest BCUT2D eigenvalue weighted by molar-refractivity contribution is 0.559. The molecule has 2 aromatic rings. The minimum Gasteiger partial charge on any atom is -0.381 e. The zero-order chi connectivity index (χ0) is 14.5. The van der Waals surface area contributed by atoms with Crippen LogP contribution in [-0.2, 0) is 13.0 Å². The molecule has 0 aliphatic heterocycles. The zero-order valence-electron chi connectivity index (χ0n) is 11.1. The lowest BCUT2D eigenvalue weighted by Gasteiger charge is -2.09. The van der Waals surface area contributed by atoms with Crippen molar-refractivity contribution in [1.29, 1.82) is 5.26 Å². The largest absolute Gasteiger partial charge is 0.381 e. The Kier molecular flexibility index (Phi) is 4.31. The Hall–Kier alpha value is -2.41. The first-order chi connectivity index (χ1) is 9.63. The van der Waals surface area contributed by atoms with Gasteiger partial charge in [0.2, 0.25) is 0 Å². The number of nitrogens with zero attached hydrogens (tertiary/aromatic N) is 1. The summed E-state index contributed by atoms with van der Waals surface area (Å²) in [6.07, 6.45) is 0.944. The summed E-state index contributed by atoms with van der Waals surface area (Å²) in [5, 5.41) is 11.6. The summed E-state index contributed by atoms with van der Waals surface area (Å²) in [5.41, 5.74) is 1.91. The molecule has 102 valence electrons. The van der Waals surface area contributed by atoms with Gasteiger partial charge >= 0.3 is 0 Å². The van der Waals surface area contributed by atoms with Crippen molar-refractivity contribution in [2.75, 3.05) is 5.32 Å². The summed E-state index contributed by atoms with van der Waals surface area (Å²) in [7, 11) is 0. The van der Waals surface area contributed by atoms with Crippen molar-refractivity contribution in [2.45, 2.75) is 19.9 Å². The average molecular weight is 272 g/mol. The standard InChI is InChI=1S/C16H14F2N2/c1-2-11-3-5-13(6-4-11)20-10-14-15(17)7-12(9-19)8-16(14)18/h3-8,20H,2,10H2,1H3. The van der Waals surface area contributed by atoms with Gasteiger partial charge in [-0.05, 0) is 36.2 Å². The first kappa shape index (κ1) is 14.0. The minimum absolute atomic E-state index is 0.0175. The van der Waals surface area contributed by atoms with E-state index in [2.05, 4.69) is 12.2 Å². The Morgan fingerprint density at radius 2 is 1.70 bits per heavy atom. The second-order valence-corrected chi connectivity index (χ2v) is 4.43. The summed E-state index contributed by atoms with van der Waals surface area (Å²) in [5.74, 6) is -1.42. The van der Waals surface area contributed by atoms with Crippen molar-refractivity contribution in [2.24, 2.45) is 0 Å². The molecular weight excluding hydrogens is 258 g/mol. The maximum absolute atomic E-state index is 13.7. The van der Waals surface area contributed by atoms with Crippen LogP contribution in [0.1, 0.15) is 23.6 Å². The number of aryl methyl sites for hydroxylation is 1. The van der Waals surface area contributed by atoms with Crippen molar-refractivity contribution in [3.63, 3.8) is 0 Å². The Labute approximate surface area is 116 Å². The van der Waals surface area contributed by atoms with Crippen LogP contribution in [-0.4, -0.2) is 0 Å². The molecule has 0 fully saturated rings. The number of hydrogen-bond acceptors (Lipinski definition) is 2. The number of nitriles is 1. The number of anilines is 1. The van der Waals surface area contributed by atoms with Gasteiger partial charge in [-0.3, -0.25) is 0 Å². The fourth-order valence-corrected chi connectivity index (χ4v) is 1.89. The van der Waals surface area contributed by atoms with E-state index >= 15 is 0 Å². The highest BCUT2D eigenvalue weighted by molar-refractivity contribution is 5.45. The monoisotopic (exact) mass is 272 g/mol. The topological polar surface area (TPSA) is 35.8 Å². The molecule has 0 bridgehead atoms. The predicted molar refractivity (Wildman–Crippen MR) is 74.2 cm³/mol. The smallest absolute Gasteiger partial charge is 0.132 e. The number of halogens is 2. The van der Waals surface area contributed by atoms with Crippen LogP contribution in [0.5, 0.6) is 0 Å².